The molecule has 0 bridgehead atoms. The second-order valence-electron chi connectivity index (χ2n) is 7.84. The molecule has 0 saturated heterocycles. The number of hydrogen-bond acceptors (Lipinski definition) is 4. The van der Waals surface area contributed by atoms with E-state index in [9.17, 15) is 5.11 Å². The maximum atomic E-state index is 9.86. The van der Waals surface area contributed by atoms with E-state index in [0.29, 0.717) is 41.3 Å². The van der Waals surface area contributed by atoms with Gasteiger partial charge in [-0.2, -0.15) is 0 Å². The number of nitrogens with one attached hydrogen (secondary N) is 1. The first kappa shape index (κ1) is 19.9. The number of ether oxygens (including phenoxy) is 2. The molecule has 2 aromatic heterocycles. The Hall–Kier alpha value is -3.02. The molecule has 0 atom stereocenters. The number of aliphatic hydroxyl groups excluding tert-OH is 1. The van der Waals surface area contributed by atoms with Gasteiger partial charge in [0.2, 0.25) is 0 Å². The molecule has 2 aromatic carbocycles. The molecule has 1 saturated carbocycles. The van der Waals surface area contributed by atoms with Gasteiger partial charge in [0.25, 0.3) is 0 Å². The summed E-state index contributed by atoms with van der Waals surface area (Å²) in [5.41, 5.74) is 4.11. The SMILES string of the molecule is OCc1c[nH]c2ncc(Cl)c(-c3cccc(OCc4ccccc4)c3OCC3CC3)c12. The Morgan fingerprint density at radius 3 is 2.68 bits per heavy atom. The van der Waals surface area contributed by atoms with Crippen molar-refractivity contribution in [2.24, 2.45) is 5.92 Å². The smallest absolute Gasteiger partial charge is 0.169 e. The Labute approximate surface area is 185 Å². The van der Waals surface area contributed by atoms with Crippen LogP contribution in [0.25, 0.3) is 22.2 Å². The minimum atomic E-state index is -0.114. The zero-order valence-electron chi connectivity index (χ0n) is 17.0. The number of para-hydroxylation sites is 1. The van der Waals surface area contributed by atoms with Crippen LogP contribution in [0.1, 0.15) is 24.0 Å². The molecule has 0 radical (unpaired) electrons. The Kier molecular flexibility index (Phi) is 5.53. The molecule has 2 N–H and O–H groups in total. The van der Waals surface area contributed by atoms with Crippen molar-refractivity contribution in [3.05, 3.63) is 77.1 Å². The molecule has 1 aliphatic rings. The second kappa shape index (κ2) is 8.61. The number of pyridine rings is 1. The number of nitrogens with zero attached hydrogens (tertiary/aromatic N) is 1. The first-order chi connectivity index (χ1) is 15.2. The molecule has 6 heteroatoms. The van der Waals surface area contributed by atoms with E-state index in [2.05, 4.69) is 9.97 Å². The highest BCUT2D eigenvalue weighted by Gasteiger charge is 2.25. The Bertz CT molecular complexity index is 1200. The number of H-pyrrole nitrogens is 1. The third kappa shape index (κ3) is 4.11. The van der Waals surface area contributed by atoms with Gasteiger partial charge in [0.1, 0.15) is 12.3 Å². The number of fused-ring (bicyclic) bond motifs is 1. The average Bonchev–Trinajstić information content (AvgIpc) is 3.54. The topological polar surface area (TPSA) is 67.4 Å². The van der Waals surface area contributed by atoms with Crippen LogP contribution in [0.5, 0.6) is 11.5 Å². The van der Waals surface area contributed by atoms with Crippen molar-refractivity contribution in [2.75, 3.05) is 6.61 Å². The maximum absolute atomic E-state index is 9.86. The monoisotopic (exact) mass is 434 g/mol. The summed E-state index contributed by atoms with van der Waals surface area (Å²) in [5.74, 6) is 1.93. The molecule has 1 aliphatic carbocycles. The summed E-state index contributed by atoms with van der Waals surface area (Å²) in [5, 5.41) is 11.2. The lowest BCUT2D eigenvalue weighted by atomic mass is 10.00. The number of aliphatic hydroxyl groups is 1. The number of rotatable bonds is 8. The van der Waals surface area contributed by atoms with Crippen LogP contribution in [0, 0.1) is 5.92 Å². The molecule has 2 heterocycles. The summed E-state index contributed by atoms with van der Waals surface area (Å²) < 4.78 is 12.5. The summed E-state index contributed by atoms with van der Waals surface area (Å²) in [6.45, 7) is 0.970. The molecule has 31 heavy (non-hydrogen) atoms. The largest absolute Gasteiger partial charge is 0.489 e. The minimum Gasteiger partial charge on any atom is -0.489 e. The van der Waals surface area contributed by atoms with Gasteiger partial charge < -0.3 is 19.6 Å². The van der Waals surface area contributed by atoms with Crippen LogP contribution in [0.2, 0.25) is 5.02 Å². The number of halogens is 1. The molecule has 0 aliphatic heterocycles. The van der Waals surface area contributed by atoms with Crippen LogP contribution in [-0.4, -0.2) is 21.7 Å². The number of aromatic nitrogens is 2. The van der Waals surface area contributed by atoms with E-state index >= 15 is 0 Å². The van der Waals surface area contributed by atoms with Gasteiger partial charge in [-0.15, -0.1) is 0 Å². The van der Waals surface area contributed by atoms with Crippen LogP contribution in [0.15, 0.2) is 60.9 Å². The molecular formula is C25H23ClN2O3. The van der Waals surface area contributed by atoms with E-state index in [-0.39, 0.29) is 6.61 Å². The predicted molar refractivity (Wildman–Crippen MR) is 121 cm³/mol. The standard InChI is InChI=1S/C25H23ClN2O3/c26-20-12-28-25-22(18(13-29)11-27-25)23(20)19-7-4-8-21(24(19)31-15-17-9-10-17)30-14-16-5-2-1-3-6-16/h1-8,11-12,17,29H,9-10,13-15H2,(H,27,28). The summed E-state index contributed by atoms with van der Waals surface area (Å²) in [6.07, 6.45) is 5.77. The van der Waals surface area contributed by atoms with E-state index in [1.807, 2.05) is 48.5 Å². The van der Waals surface area contributed by atoms with Gasteiger partial charge in [0.05, 0.1) is 18.2 Å². The molecule has 158 valence electrons. The maximum Gasteiger partial charge on any atom is 0.169 e. The van der Waals surface area contributed by atoms with E-state index in [0.717, 1.165) is 27.6 Å². The fourth-order valence-corrected chi connectivity index (χ4v) is 3.97. The molecule has 4 aromatic rings. The Morgan fingerprint density at radius 1 is 1.06 bits per heavy atom. The molecule has 5 rings (SSSR count). The van der Waals surface area contributed by atoms with Gasteiger partial charge in [-0.05, 0) is 30.4 Å². The zero-order valence-corrected chi connectivity index (χ0v) is 17.7. The fraction of sp³-hybridized carbons (Fsp3) is 0.240. The molecule has 0 amide bonds. The predicted octanol–water partition coefficient (Wildman–Crippen LogP) is 5.74. The summed E-state index contributed by atoms with van der Waals surface area (Å²) in [6, 6.07) is 15.9. The van der Waals surface area contributed by atoms with E-state index in [4.69, 9.17) is 21.1 Å². The number of benzene rings is 2. The number of aromatic amines is 1. The quantitative estimate of drug-likeness (QED) is 0.371. The van der Waals surface area contributed by atoms with Gasteiger partial charge in [-0.3, -0.25) is 0 Å². The lowest BCUT2D eigenvalue weighted by Gasteiger charge is -2.18. The zero-order chi connectivity index (χ0) is 21.2. The second-order valence-corrected chi connectivity index (χ2v) is 8.25. The van der Waals surface area contributed by atoms with Gasteiger partial charge >= 0.3 is 0 Å². The summed E-state index contributed by atoms with van der Waals surface area (Å²) >= 11 is 6.64. The van der Waals surface area contributed by atoms with Crippen LogP contribution < -0.4 is 9.47 Å². The first-order valence-electron chi connectivity index (χ1n) is 10.4. The fourth-order valence-electron chi connectivity index (χ4n) is 3.72. The van der Waals surface area contributed by atoms with Crippen molar-refractivity contribution in [2.45, 2.75) is 26.1 Å². The number of hydrogen-bond donors (Lipinski definition) is 2. The molecular weight excluding hydrogens is 412 g/mol. The van der Waals surface area contributed by atoms with Crippen LogP contribution in [0.3, 0.4) is 0 Å². The van der Waals surface area contributed by atoms with Gasteiger partial charge in [-0.25, -0.2) is 4.98 Å². The van der Waals surface area contributed by atoms with Crippen molar-refractivity contribution in [3.8, 4) is 22.6 Å². The highest BCUT2D eigenvalue weighted by molar-refractivity contribution is 6.35. The molecule has 1 fully saturated rings. The average molecular weight is 435 g/mol. The highest BCUT2D eigenvalue weighted by atomic mass is 35.5. The summed E-state index contributed by atoms with van der Waals surface area (Å²) in [4.78, 5) is 7.49. The van der Waals surface area contributed by atoms with E-state index < -0.39 is 0 Å². The minimum absolute atomic E-state index is 0.114. The van der Waals surface area contributed by atoms with Crippen LogP contribution in [-0.2, 0) is 13.2 Å². The third-order valence-electron chi connectivity index (χ3n) is 5.55. The van der Waals surface area contributed by atoms with Crippen LogP contribution in [0.4, 0.5) is 0 Å². The van der Waals surface area contributed by atoms with Crippen molar-refractivity contribution >= 4 is 22.6 Å². The lowest BCUT2D eigenvalue weighted by Crippen LogP contribution is -2.04. The molecule has 5 nitrogen and oxygen atoms in total. The van der Waals surface area contributed by atoms with Crippen molar-refractivity contribution < 1.29 is 14.6 Å². The van der Waals surface area contributed by atoms with Crippen molar-refractivity contribution in [1.82, 2.24) is 9.97 Å². The Balaban J connectivity index is 1.60. The van der Waals surface area contributed by atoms with Crippen molar-refractivity contribution in [1.29, 1.82) is 0 Å². The highest BCUT2D eigenvalue weighted by Crippen LogP contribution is 2.45. The van der Waals surface area contributed by atoms with E-state index in [1.165, 1.54) is 12.8 Å². The van der Waals surface area contributed by atoms with E-state index in [1.54, 1.807) is 12.4 Å². The molecule has 0 spiro atoms. The van der Waals surface area contributed by atoms with Crippen LogP contribution >= 0.6 is 11.6 Å². The Morgan fingerprint density at radius 2 is 1.90 bits per heavy atom. The van der Waals surface area contributed by atoms with Gasteiger partial charge in [0, 0.05) is 34.5 Å². The lowest BCUT2D eigenvalue weighted by molar-refractivity contribution is 0.255. The van der Waals surface area contributed by atoms with Crippen molar-refractivity contribution in [3.63, 3.8) is 0 Å². The first-order valence-corrected chi connectivity index (χ1v) is 10.8. The molecule has 0 unspecified atom stereocenters. The normalized spacial score (nSPS) is 13.5. The van der Waals surface area contributed by atoms with Gasteiger partial charge in [-0.1, -0.05) is 54.1 Å². The summed E-state index contributed by atoms with van der Waals surface area (Å²) in [7, 11) is 0. The third-order valence-corrected chi connectivity index (χ3v) is 5.84. The van der Waals surface area contributed by atoms with Gasteiger partial charge in [0.15, 0.2) is 11.5 Å².